The quantitative estimate of drug-likeness (QED) is 0.380. The van der Waals surface area contributed by atoms with Crippen LogP contribution in [0.4, 0.5) is 0 Å². The maximum atomic E-state index is 12.4. The van der Waals surface area contributed by atoms with Gasteiger partial charge in [0.05, 0.1) is 45.5 Å². The van der Waals surface area contributed by atoms with Crippen LogP contribution in [0.3, 0.4) is 0 Å². The van der Waals surface area contributed by atoms with Gasteiger partial charge in [0.15, 0.2) is 0 Å². The van der Waals surface area contributed by atoms with Crippen molar-refractivity contribution in [2.75, 3.05) is 19.8 Å². The van der Waals surface area contributed by atoms with E-state index in [9.17, 15) is 24.0 Å². The average molecular weight is 376 g/mol. The number of hydrogen-bond donors (Lipinski definition) is 1. The molecule has 0 aliphatic carbocycles. The molecule has 0 aromatic heterocycles. The van der Waals surface area contributed by atoms with Crippen LogP contribution in [0.5, 0.6) is 0 Å². The van der Waals surface area contributed by atoms with Crippen molar-refractivity contribution in [3.63, 3.8) is 0 Å². The number of carbonyl (C=O) groups excluding carboxylic acids is 4. The number of esters is 4. The second-order valence-corrected chi connectivity index (χ2v) is 5.05. The fraction of sp³-hybridized carbons (Fsp3) is 0.688. The van der Waals surface area contributed by atoms with Crippen LogP contribution in [0.1, 0.15) is 46.5 Å². The van der Waals surface area contributed by atoms with Crippen LogP contribution in [-0.4, -0.2) is 60.4 Å². The summed E-state index contributed by atoms with van der Waals surface area (Å²) in [6.07, 6.45) is -2.63. The van der Waals surface area contributed by atoms with E-state index in [1.54, 1.807) is 0 Å². The Bertz CT molecular complexity index is 505. The van der Waals surface area contributed by atoms with E-state index in [-0.39, 0.29) is 19.8 Å². The molecule has 0 aliphatic heterocycles. The van der Waals surface area contributed by atoms with Gasteiger partial charge in [0.1, 0.15) is 0 Å². The third-order valence-electron chi connectivity index (χ3n) is 2.97. The number of carboxylic acids is 1. The molecule has 0 spiro atoms. The predicted octanol–water partition coefficient (Wildman–Crippen LogP) is 0.603. The van der Waals surface area contributed by atoms with E-state index in [0.717, 1.165) is 0 Å². The number of carbonyl (C=O) groups is 5. The molecule has 0 radical (unpaired) electrons. The molecule has 0 amide bonds. The zero-order chi connectivity index (χ0) is 20.2. The molecule has 0 rings (SSSR count). The Kier molecular flexibility index (Phi) is 10.6. The number of aliphatic carboxylic acids is 1. The summed E-state index contributed by atoms with van der Waals surface area (Å²) < 4.78 is 19.4. The minimum atomic E-state index is -2.29. The molecule has 0 aromatic rings. The van der Waals surface area contributed by atoms with Gasteiger partial charge in [-0.15, -0.1) is 0 Å². The maximum absolute atomic E-state index is 12.4. The highest BCUT2D eigenvalue weighted by atomic mass is 16.6. The molecule has 0 saturated heterocycles. The van der Waals surface area contributed by atoms with Gasteiger partial charge in [-0.25, -0.2) is 4.79 Å². The normalized spacial score (nSPS) is 10.6. The van der Waals surface area contributed by atoms with Crippen molar-refractivity contribution in [2.24, 2.45) is 0 Å². The van der Waals surface area contributed by atoms with Gasteiger partial charge in [0.25, 0.3) is 0 Å². The summed E-state index contributed by atoms with van der Waals surface area (Å²) in [6, 6.07) is 0. The van der Waals surface area contributed by atoms with Crippen molar-refractivity contribution in [1.82, 2.24) is 0 Å². The fourth-order valence-corrected chi connectivity index (χ4v) is 1.95. The van der Waals surface area contributed by atoms with Crippen LogP contribution in [0, 0.1) is 0 Å². The van der Waals surface area contributed by atoms with E-state index in [1.807, 2.05) is 0 Å². The van der Waals surface area contributed by atoms with E-state index in [0.29, 0.717) is 0 Å². The molecular weight excluding hydrogens is 352 g/mol. The Balaban J connectivity index is 5.63. The van der Waals surface area contributed by atoms with Gasteiger partial charge in [-0.1, -0.05) is 0 Å². The summed E-state index contributed by atoms with van der Waals surface area (Å²) >= 11 is 0. The smallest absolute Gasteiger partial charge is 0.351 e. The van der Waals surface area contributed by atoms with Crippen molar-refractivity contribution in [3.05, 3.63) is 0 Å². The lowest BCUT2D eigenvalue weighted by atomic mass is 9.94. The van der Waals surface area contributed by atoms with Crippen LogP contribution in [-0.2, 0) is 42.9 Å². The lowest BCUT2D eigenvalue weighted by Crippen LogP contribution is -2.48. The molecule has 0 saturated carbocycles. The largest absolute Gasteiger partial charge is 0.481 e. The van der Waals surface area contributed by atoms with Crippen LogP contribution in [0.15, 0.2) is 0 Å². The zero-order valence-electron chi connectivity index (χ0n) is 15.1. The lowest BCUT2D eigenvalue weighted by molar-refractivity contribution is -0.191. The number of ether oxygens (including phenoxy) is 4. The Morgan fingerprint density at radius 1 is 0.731 bits per heavy atom. The van der Waals surface area contributed by atoms with Crippen LogP contribution < -0.4 is 0 Å². The molecule has 26 heavy (non-hydrogen) atoms. The molecule has 10 heteroatoms. The average Bonchev–Trinajstić information content (AvgIpc) is 2.53. The van der Waals surface area contributed by atoms with E-state index < -0.39 is 61.1 Å². The molecule has 0 bridgehead atoms. The summed E-state index contributed by atoms with van der Waals surface area (Å²) in [5.74, 6) is -5.23. The van der Waals surface area contributed by atoms with E-state index >= 15 is 0 Å². The van der Waals surface area contributed by atoms with Crippen LogP contribution in [0.25, 0.3) is 0 Å². The van der Waals surface area contributed by atoms with Gasteiger partial charge in [0.2, 0.25) is 5.60 Å². The zero-order valence-corrected chi connectivity index (χ0v) is 15.1. The van der Waals surface area contributed by atoms with Gasteiger partial charge in [-0.3, -0.25) is 19.2 Å². The molecule has 148 valence electrons. The summed E-state index contributed by atoms with van der Waals surface area (Å²) in [7, 11) is 0. The fourth-order valence-electron chi connectivity index (χ4n) is 1.95. The third kappa shape index (κ3) is 8.45. The summed E-state index contributed by atoms with van der Waals surface area (Å²) in [5.41, 5.74) is -2.29. The highest BCUT2D eigenvalue weighted by Crippen LogP contribution is 2.26. The number of hydrogen-bond acceptors (Lipinski definition) is 9. The first kappa shape index (κ1) is 23.4. The van der Waals surface area contributed by atoms with E-state index in [1.165, 1.54) is 20.8 Å². The highest BCUT2D eigenvalue weighted by molar-refractivity contribution is 5.92. The second-order valence-electron chi connectivity index (χ2n) is 5.05. The minimum Gasteiger partial charge on any atom is -0.481 e. The molecule has 0 fully saturated rings. The molecule has 0 atom stereocenters. The Hall–Kier alpha value is -2.65. The first-order chi connectivity index (χ1) is 12.2. The first-order valence-corrected chi connectivity index (χ1v) is 8.12. The summed E-state index contributed by atoms with van der Waals surface area (Å²) in [5, 5.41) is 8.64. The first-order valence-electron chi connectivity index (χ1n) is 8.12. The standard InChI is InChI=1S/C16H24O10/c1-4-23-13(20)9-16(15(22)25-6-3,10-14(21)24-5-2)26-12(19)8-7-11(17)18/h4-10H2,1-3H3,(H,17,18). The molecule has 0 heterocycles. The monoisotopic (exact) mass is 376 g/mol. The topological polar surface area (TPSA) is 142 Å². The van der Waals surface area contributed by atoms with Gasteiger partial charge < -0.3 is 24.1 Å². The van der Waals surface area contributed by atoms with Crippen molar-refractivity contribution in [1.29, 1.82) is 0 Å². The van der Waals surface area contributed by atoms with Crippen molar-refractivity contribution in [2.45, 2.75) is 52.1 Å². The van der Waals surface area contributed by atoms with E-state index in [2.05, 4.69) is 0 Å². The lowest BCUT2D eigenvalue weighted by Gasteiger charge is -2.29. The van der Waals surface area contributed by atoms with Gasteiger partial charge in [-0.05, 0) is 20.8 Å². The van der Waals surface area contributed by atoms with Crippen molar-refractivity contribution < 1.29 is 48.0 Å². The number of carboxylic acid groups (broad SMARTS) is 1. The third-order valence-corrected chi connectivity index (χ3v) is 2.97. The van der Waals surface area contributed by atoms with Crippen LogP contribution >= 0.6 is 0 Å². The Morgan fingerprint density at radius 2 is 1.19 bits per heavy atom. The van der Waals surface area contributed by atoms with Gasteiger partial charge in [-0.2, -0.15) is 0 Å². The van der Waals surface area contributed by atoms with Crippen molar-refractivity contribution >= 4 is 29.8 Å². The SMILES string of the molecule is CCOC(=O)CC(CC(=O)OCC)(OC(=O)CCC(=O)O)C(=O)OCC. The maximum Gasteiger partial charge on any atom is 0.351 e. The van der Waals surface area contributed by atoms with Gasteiger partial charge in [0, 0.05) is 0 Å². The number of rotatable bonds is 12. The minimum absolute atomic E-state index is 0.00407. The second kappa shape index (κ2) is 11.8. The molecule has 0 unspecified atom stereocenters. The summed E-state index contributed by atoms with van der Waals surface area (Å²) in [6.45, 7) is 4.47. The van der Waals surface area contributed by atoms with Crippen molar-refractivity contribution in [3.8, 4) is 0 Å². The Labute approximate surface area is 150 Å². The molecule has 1 N–H and O–H groups in total. The molecule has 0 aromatic carbocycles. The predicted molar refractivity (Wildman–Crippen MR) is 84.8 cm³/mol. The molecule has 0 aliphatic rings. The molecular formula is C16H24O10. The highest BCUT2D eigenvalue weighted by Gasteiger charge is 2.49. The van der Waals surface area contributed by atoms with E-state index in [4.69, 9.17) is 24.1 Å². The molecule has 10 nitrogen and oxygen atoms in total. The van der Waals surface area contributed by atoms with Gasteiger partial charge >= 0.3 is 29.8 Å². The Morgan fingerprint density at radius 3 is 1.58 bits per heavy atom. The summed E-state index contributed by atoms with van der Waals surface area (Å²) in [4.78, 5) is 58.7. The van der Waals surface area contributed by atoms with Crippen LogP contribution in [0.2, 0.25) is 0 Å².